The van der Waals surface area contributed by atoms with Crippen LogP contribution in [0.2, 0.25) is 5.02 Å². The van der Waals surface area contributed by atoms with E-state index >= 15 is 0 Å². The molecule has 9 heteroatoms. The number of ether oxygens (including phenoxy) is 1. The lowest BCUT2D eigenvalue weighted by atomic mass is 10.2. The van der Waals surface area contributed by atoms with Gasteiger partial charge in [-0.1, -0.05) is 54.1 Å². The van der Waals surface area contributed by atoms with Crippen molar-refractivity contribution in [1.82, 2.24) is 5.43 Å². The van der Waals surface area contributed by atoms with Gasteiger partial charge in [0.1, 0.15) is 10.6 Å². The molecule has 7 nitrogen and oxygen atoms in total. The van der Waals surface area contributed by atoms with Crippen LogP contribution in [-0.2, 0) is 0 Å². The van der Waals surface area contributed by atoms with E-state index < -0.39 is 11.9 Å². The number of benzene rings is 4. The van der Waals surface area contributed by atoms with Gasteiger partial charge in [0.15, 0.2) is 0 Å². The van der Waals surface area contributed by atoms with Crippen LogP contribution < -0.4 is 15.5 Å². The minimum absolute atomic E-state index is 0.309. The number of anilines is 1. The van der Waals surface area contributed by atoms with Gasteiger partial charge in [0, 0.05) is 26.9 Å². The van der Waals surface area contributed by atoms with Crippen LogP contribution in [0.25, 0.3) is 10.1 Å². The maximum Gasteiger partial charge on any atom is 0.343 e. The fraction of sp³-hybridized carbons (Fsp3) is 0.0323. The Hall–Kier alpha value is -4.79. The highest BCUT2D eigenvalue weighted by atomic mass is 35.5. The summed E-state index contributed by atoms with van der Waals surface area (Å²) in [6, 6.07) is 27.8. The molecule has 5 aromatic rings. The number of carbonyl (C=O) groups excluding carboxylic acids is 3. The Morgan fingerprint density at radius 1 is 0.850 bits per heavy atom. The number of amides is 2. The molecule has 2 amide bonds. The number of rotatable bonds is 7. The molecule has 0 fully saturated rings. The number of esters is 1. The molecule has 1 heterocycles. The lowest BCUT2D eigenvalue weighted by Crippen LogP contribution is -2.18. The van der Waals surface area contributed by atoms with Crippen LogP contribution in [0.3, 0.4) is 0 Å². The quantitative estimate of drug-likeness (QED) is 0.0948. The second-order valence-electron chi connectivity index (χ2n) is 8.77. The van der Waals surface area contributed by atoms with Gasteiger partial charge >= 0.3 is 5.97 Å². The molecule has 0 atom stereocenters. The number of aryl methyl sites for hydroxylation is 1. The van der Waals surface area contributed by atoms with Crippen LogP contribution >= 0.6 is 22.9 Å². The third-order valence-corrected chi connectivity index (χ3v) is 7.55. The molecular formula is C31H22ClN3O4S. The molecule has 0 radical (unpaired) electrons. The van der Waals surface area contributed by atoms with Gasteiger partial charge in [-0.15, -0.1) is 11.3 Å². The van der Waals surface area contributed by atoms with E-state index in [1.165, 1.54) is 17.6 Å². The first-order chi connectivity index (χ1) is 19.4. The number of nitrogens with one attached hydrogen (secondary N) is 2. The Balaban J connectivity index is 1.20. The van der Waals surface area contributed by atoms with Crippen LogP contribution in [0.4, 0.5) is 5.69 Å². The molecule has 4 aromatic carbocycles. The maximum atomic E-state index is 12.8. The van der Waals surface area contributed by atoms with Crippen LogP contribution in [0.5, 0.6) is 5.75 Å². The number of carbonyl (C=O) groups is 3. The van der Waals surface area contributed by atoms with Crippen molar-refractivity contribution in [2.45, 2.75) is 6.92 Å². The second-order valence-corrected chi connectivity index (χ2v) is 10.2. The molecule has 0 unspecified atom stereocenters. The lowest BCUT2D eigenvalue weighted by molar-refractivity contribution is 0.0734. The zero-order valence-corrected chi connectivity index (χ0v) is 22.8. The predicted molar refractivity (Wildman–Crippen MR) is 159 cm³/mol. The largest absolute Gasteiger partial charge is 0.422 e. The van der Waals surface area contributed by atoms with E-state index in [9.17, 15) is 14.4 Å². The Labute approximate surface area is 239 Å². The Morgan fingerprint density at radius 3 is 2.35 bits per heavy atom. The zero-order valence-electron chi connectivity index (χ0n) is 21.2. The highest BCUT2D eigenvalue weighted by Crippen LogP contribution is 2.36. The third kappa shape index (κ3) is 6.09. The molecule has 0 saturated carbocycles. The molecule has 1 aromatic heterocycles. The molecule has 0 spiro atoms. The third-order valence-electron chi connectivity index (χ3n) is 5.90. The Morgan fingerprint density at radius 2 is 1.57 bits per heavy atom. The molecule has 2 N–H and O–H groups in total. The summed E-state index contributed by atoms with van der Waals surface area (Å²) in [7, 11) is 0. The molecule has 0 bridgehead atoms. The van der Waals surface area contributed by atoms with Gasteiger partial charge in [-0.2, -0.15) is 5.10 Å². The first-order valence-corrected chi connectivity index (χ1v) is 13.4. The van der Waals surface area contributed by atoms with Gasteiger partial charge in [-0.3, -0.25) is 9.59 Å². The summed E-state index contributed by atoms with van der Waals surface area (Å²) in [5.41, 5.74) is 5.34. The first kappa shape index (κ1) is 26.8. The van der Waals surface area contributed by atoms with E-state index in [2.05, 4.69) is 15.8 Å². The van der Waals surface area contributed by atoms with E-state index in [0.717, 1.165) is 15.6 Å². The standard InChI is InChI=1S/C31H22ClN3O4S/c1-19-11-16-24-26(17-19)40-28(27(24)32)30(37)34-23-14-12-20(13-15-23)29(36)35-33-18-22-9-5-6-10-25(22)39-31(38)21-7-3-2-4-8-21/h2-18H,1H3,(H,34,37)(H,35,36)/b33-18-. The van der Waals surface area contributed by atoms with Crippen LogP contribution in [0, 0.1) is 6.92 Å². The minimum Gasteiger partial charge on any atom is -0.422 e. The molecule has 0 aliphatic rings. The van der Waals surface area contributed by atoms with E-state index in [4.69, 9.17) is 16.3 Å². The monoisotopic (exact) mass is 567 g/mol. The lowest BCUT2D eigenvalue weighted by Gasteiger charge is -2.07. The number of nitrogens with zero attached hydrogens (tertiary/aromatic N) is 1. The Bertz CT molecular complexity index is 1750. The molecule has 40 heavy (non-hydrogen) atoms. The average Bonchev–Trinajstić information content (AvgIpc) is 3.30. The van der Waals surface area contributed by atoms with Crippen molar-refractivity contribution in [2.75, 3.05) is 5.32 Å². The summed E-state index contributed by atoms with van der Waals surface area (Å²) in [4.78, 5) is 38.3. The summed E-state index contributed by atoms with van der Waals surface area (Å²) in [5.74, 6) is -0.959. The summed E-state index contributed by atoms with van der Waals surface area (Å²) < 4.78 is 6.44. The fourth-order valence-corrected chi connectivity index (χ4v) is 5.36. The van der Waals surface area contributed by atoms with Crippen LogP contribution in [0.1, 0.15) is 41.5 Å². The average molecular weight is 568 g/mol. The number of hydrogen-bond acceptors (Lipinski definition) is 6. The molecule has 0 saturated heterocycles. The van der Waals surface area contributed by atoms with Gasteiger partial charge in [0.25, 0.3) is 11.8 Å². The van der Waals surface area contributed by atoms with Gasteiger partial charge in [0.05, 0.1) is 16.8 Å². The minimum atomic E-state index is -0.498. The number of hydrazone groups is 1. The van der Waals surface area contributed by atoms with Gasteiger partial charge in [0.2, 0.25) is 0 Å². The highest BCUT2D eigenvalue weighted by molar-refractivity contribution is 7.21. The maximum absolute atomic E-state index is 12.8. The van der Waals surface area contributed by atoms with Crippen molar-refractivity contribution in [2.24, 2.45) is 5.10 Å². The molecular weight excluding hydrogens is 546 g/mol. The molecule has 0 aliphatic heterocycles. The van der Waals surface area contributed by atoms with E-state index in [1.807, 2.05) is 31.2 Å². The summed E-state index contributed by atoms with van der Waals surface area (Å²) in [6.07, 6.45) is 1.40. The van der Waals surface area contributed by atoms with E-state index in [1.54, 1.807) is 72.8 Å². The van der Waals surface area contributed by atoms with Crippen molar-refractivity contribution in [1.29, 1.82) is 0 Å². The summed E-state index contributed by atoms with van der Waals surface area (Å²) in [5, 5.41) is 8.09. The van der Waals surface area contributed by atoms with E-state index in [0.29, 0.717) is 38.0 Å². The van der Waals surface area contributed by atoms with Crippen molar-refractivity contribution in [3.8, 4) is 5.75 Å². The van der Waals surface area contributed by atoms with Crippen molar-refractivity contribution < 1.29 is 19.1 Å². The smallest absolute Gasteiger partial charge is 0.343 e. The Kier molecular flexibility index (Phi) is 8.00. The first-order valence-electron chi connectivity index (χ1n) is 12.2. The van der Waals surface area contributed by atoms with Crippen LogP contribution in [0.15, 0.2) is 102 Å². The summed E-state index contributed by atoms with van der Waals surface area (Å²) >= 11 is 7.78. The van der Waals surface area contributed by atoms with Crippen molar-refractivity contribution >= 4 is 62.7 Å². The predicted octanol–water partition coefficient (Wildman–Crippen LogP) is 7.10. The molecule has 0 aliphatic carbocycles. The molecule has 198 valence electrons. The number of halogens is 1. The summed E-state index contributed by atoms with van der Waals surface area (Å²) in [6.45, 7) is 1.98. The number of para-hydroxylation sites is 1. The van der Waals surface area contributed by atoms with Crippen molar-refractivity contribution in [3.63, 3.8) is 0 Å². The topological polar surface area (TPSA) is 96.9 Å². The second kappa shape index (κ2) is 11.9. The van der Waals surface area contributed by atoms with Gasteiger partial charge < -0.3 is 10.1 Å². The SMILES string of the molecule is Cc1ccc2c(Cl)c(C(=O)Nc3ccc(C(=O)N/N=C\c4ccccc4OC(=O)c4ccccc4)cc3)sc2c1. The molecule has 5 rings (SSSR count). The fourth-order valence-electron chi connectivity index (χ4n) is 3.85. The van der Waals surface area contributed by atoms with Gasteiger partial charge in [-0.25, -0.2) is 10.2 Å². The zero-order chi connectivity index (χ0) is 28.1. The normalized spacial score (nSPS) is 10.9. The van der Waals surface area contributed by atoms with Crippen molar-refractivity contribution in [3.05, 3.63) is 129 Å². The van der Waals surface area contributed by atoms with Gasteiger partial charge in [-0.05, 0) is 67.1 Å². The number of hydrogen-bond donors (Lipinski definition) is 2. The number of thiophene rings is 1. The van der Waals surface area contributed by atoms with Crippen LogP contribution in [-0.4, -0.2) is 24.0 Å². The number of fused-ring (bicyclic) bond motifs is 1. The van der Waals surface area contributed by atoms with E-state index in [-0.39, 0.29) is 5.91 Å². The highest BCUT2D eigenvalue weighted by Gasteiger charge is 2.18.